The Kier molecular flexibility index (Phi) is 6.39. The molecule has 0 spiro atoms. The van der Waals surface area contributed by atoms with E-state index in [4.69, 9.17) is 4.52 Å². The second-order valence-corrected chi connectivity index (χ2v) is 6.13. The van der Waals surface area contributed by atoms with Crippen molar-refractivity contribution in [3.63, 3.8) is 0 Å². The molecule has 6 heteroatoms. The summed E-state index contributed by atoms with van der Waals surface area (Å²) in [7, 11) is 0. The van der Waals surface area contributed by atoms with E-state index in [1.807, 2.05) is 0 Å². The van der Waals surface area contributed by atoms with Crippen molar-refractivity contribution >= 4 is 11.7 Å². The van der Waals surface area contributed by atoms with E-state index in [2.05, 4.69) is 22.3 Å². The zero-order valence-electron chi connectivity index (χ0n) is 13.5. The third kappa shape index (κ3) is 4.55. The van der Waals surface area contributed by atoms with Crippen molar-refractivity contribution in [3.8, 4) is 0 Å². The molecule has 1 aliphatic heterocycles. The molecule has 6 nitrogen and oxygen atoms in total. The largest absolute Gasteiger partial charge is 0.396 e. The molecule has 1 unspecified atom stereocenters. The number of rotatable bonds is 7. The molecule has 22 heavy (non-hydrogen) atoms. The fourth-order valence-corrected chi connectivity index (χ4v) is 2.96. The number of aliphatic hydroxyl groups is 1. The standard InChI is InChI=1S/C16H27N3O3/c1-3-4-5-14(19-8-6-13(11-20)7-9-19)16(21)17-15-10-12(2)22-18-15/h10,13-14,20H,3-9,11H2,1-2H3,(H,17,18,21). The summed E-state index contributed by atoms with van der Waals surface area (Å²) in [6.45, 7) is 5.92. The average Bonchev–Trinajstić information content (AvgIpc) is 2.93. The number of likely N-dealkylation sites (tertiary alicyclic amines) is 1. The fraction of sp³-hybridized carbons (Fsp3) is 0.750. The zero-order valence-corrected chi connectivity index (χ0v) is 13.5. The first-order chi connectivity index (χ1) is 10.6. The van der Waals surface area contributed by atoms with E-state index in [-0.39, 0.29) is 18.6 Å². The number of carbonyl (C=O) groups is 1. The van der Waals surface area contributed by atoms with Crippen LogP contribution in [0, 0.1) is 12.8 Å². The predicted molar refractivity (Wildman–Crippen MR) is 84.6 cm³/mol. The van der Waals surface area contributed by atoms with Gasteiger partial charge >= 0.3 is 0 Å². The van der Waals surface area contributed by atoms with Crippen molar-refractivity contribution in [3.05, 3.63) is 11.8 Å². The van der Waals surface area contributed by atoms with Crippen LogP contribution in [0.5, 0.6) is 0 Å². The van der Waals surface area contributed by atoms with Crippen molar-refractivity contribution in [1.82, 2.24) is 10.1 Å². The molecular weight excluding hydrogens is 282 g/mol. The lowest BCUT2D eigenvalue weighted by Crippen LogP contribution is -2.48. The van der Waals surface area contributed by atoms with E-state index in [1.54, 1.807) is 13.0 Å². The van der Waals surface area contributed by atoms with Gasteiger partial charge in [-0.1, -0.05) is 24.9 Å². The first-order valence-electron chi connectivity index (χ1n) is 8.23. The Morgan fingerprint density at radius 2 is 2.27 bits per heavy atom. The van der Waals surface area contributed by atoms with E-state index in [9.17, 15) is 9.90 Å². The first kappa shape index (κ1) is 17.0. The number of unbranched alkanes of at least 4 members (excludes halogenated alkanes) is 1. The maximum atomic E-state index is 12.6. The van der Waals surface area contributed by atoms with E-state index >= 15 is 0 Å². The smallest absolute Gasteiger partial charge is 0.242 e. The second-order valence-electron chi connectivity index (χ2n) is 6.13. The van der Waals surface area contributed by atoms with Crippen LogP contribution >= 0.6 is 0 Å². The summed E-state index contributed by atoms with van der Waals surface area (Å²) in [5, 5.41) is 15.9. The van der Waals surface area contributed by atoms with Crippen LogP contribution in [0.4, 0.5) is 5.82 Å². The molecule has 2 N–H and O–H groups in total. The zero-order chi connectivity index (χ0) is 15.9. The Labute approximate surface area is 131 Å². The van der Waals surface area contributed by atoms with Gasteiger partial charge in [0.2, 0.25) is 5.91 Å². The van der Waals surface area contributed by atoms with Gasteiger partial charge in [-0.3, -0.25) is 9.69 Å². The van der Waals surface area contributed by atoms with Crippen LogP contribution < -0.4 is 5.32 Å². The highest BCUT2D eigenvalue weighted by Gasteiger charge is 2.29. The van der Waals surface area contributed by atoms with Crippen LogP contribution in [0.25, 0.3) is 0 Å². The number of aryl methyl sites for hydroxylation is 1. The van der Waals surface area contributed by atoms with Gasteiger partial charge in [-0.2, -0.15) is 0 Å². The maximum absolute atomic E-state index is 12.6. The molecular formula is C16H27N3O3. The molecule has 1 saturated heterocycles. The summed E-state index contributed by atoms with van der Waals surface area (Å²) in [6.07, 6.45) is 4.85. The molecule has 1 aliphatic rings. The Bertz CT molecular complexity index is 467. The Balaban J connectivity index is 1.97. The molecule has 1 aromatic heterocycles. The normalized spacial score (nSPS) is 18.3. The lowest BCUT2D eigenvalue weighted by Gasteiger charge is -2.36. The van der Waals surface area contributed by atoms with Gasteiger partial charge in [0, 0.05) is 12.7 Å². The topological polar surface area (TPSA) is 78.6 Å². The Morgan fingerprint density at radius 1 is 1.55 bits per heavy atom. The van der Waals surface area contributed by atoms with E-state index in [1.165, 1.54) is 0 Å². The van der Waals surface area contributed by atoms with E-state index in [0.717, 1.165) is 45.2 Å². The van der Waals surface area contributed by atoms with Crippen molar-refractivity contribution in [1.29, 1.82) is 0 Å². The van der Waals surface area contributed by atoms with Gasteiger partial charge < -0.3 is 14.9 Å². The number of carbonyl (C=O) groups excluding carboxylic acids is 1. The number of hydrogen-bond acceptors (Lipinski definition) is 5. The molecule has 0 saturated carbocycles. The minimum absolute atomic E-state index is 0.0100. The summed E-state index contributed by atoms with van der Waals surface area (Å²) in [4.78, 5) is 14.8. The summed E-state index contributed by atoms with van der Waals surface area (Å²) in [5.74, 6) is 1.53. The predicted octanol–water partition coefficient (Wildman–Crippen LogP) is 2.18. The average molecular weight is 309 g/mol. The third-order valence-corrected chi connectivity index (χ3v) is 4.36. The number of anilines is 1. The quantitative estimate of drug-likeness (QED) is 0.807. The molecule has 1 amide bonds. The van der Waals surface area contributed by atoms with Gasteiger partial charge in [0.05, 0.1) is 6.04 Å². The highest BCUT2D eigenvalue weighted by molar-refractivity contribution is 5.94. The summed E-state index contributed by atoms with van der Waals surface area (Å²) in [5.41, 5.74) is 0. The number of aromatic nitrogens is 1. The van der Waals surface area contributed by atoms with Crippen molar-refractivity contribution in [2.45, 2.75) is 52.0 Å². The molecule has 1 aromatic rings. The minimum atomic E-state index is -0.128. The molecule has 0 radical (unpaired) electrons. The number of amides is 1. The molecule has 2 rings (SSSR count). The molecule has 0 aliphatic carbocycles. The lowest BCUT2D eigenvalue weighted by atomic mass is 9.95. The molecule has 1 fully saturated rings. The summed E-state index contributed by atoms with van der Waals surface area (Å²) >= 11 is 0. The molecule has 124 valence electrons. The number of aliphatic hydroxyl groups excluding tert-OH is 1. The van der Waals surface area contributed by atoms with Crippen LogP contribution in [-0.4, -0.2) is 46.8 Å². The van der Waals surface area contributed by atoms with E-state index in [0.29, 0.717) is 17.5 Å². The first-order valence-corrected chi connectivity index (χ1v) is 8.23. The highest BCUT2D eigenvalue weighted by atomic mass is 16.5. The molecule has 1 atom stereocenters. The van der Waals surface area contributed by atoms with Crippen LogP contribution in [0.1, 0.15) is 44.8 Å². The van der Waals surface area contributed by atoms with Crippen LogP contribution in [0.3, 0.4) is 0 Å². The SMILES string of the molecule is CCCCC(C(=O)Nc1cc(C)on1)N1CCC(CO)CC1. The fourth-order valence-electron chi connectivity index (χ4n) is 2.96. The van der Waals surface area contributed by atoms with Crippen molar-refractivity contribution < 1.29 is 14.4 Å². The van der Waals surface area contributed by atoms with Gasteiger partial charge in [-0.15, -0.1) is 0 Å². The van der Waals surface area contributed by atoms with Crippen LogP contribution in [-0.2, 0) is 4.79 Å². The number of piperidine rings is 1. The molecule has 0 bridgehead atoms. The van der Waals surface area contributed by atoms with Gasteiger partial charge in [0.1, 0.15) is 5.76 Å². The molecule has 0 aromatic carbocycles. The van der Waals surface area contributed by atoms with Gasteiger partial charge in [-0.25, -0.2) is 0 Å². The Morgan fingerprint density at radius 3 is 2.82 bits per heavy atom. The summed E-state index contributed by atoms with van der Waals surface area (Å²) < 4.78 is 4.99. The maximum Gasteiger partial charge on any atom is 0.242 e. The highest BCUT2D eigenvalue weighted by Crippen LogP contribution is 2.21. The van der Waals surface area contributed by atoms with Gasteiger partial charge in [0.25, 0.3) is 0 Å². The number of nitrogens with one attached hydrogen (secondary N) is 1. The minimum Gasteiger partial charge on any atom is -0.396 e. The number of hydrogen-bond donors (Lipinski definition) is 2. The van der Waals surface area contributed by atoms with E-state index < -0.39 is 0 Å². The lowest BCUT2D eigenvalue weighted by molar-refractivity contribution is -0.122. The monoisotopic (exact) mass is 309 g/mol. The number of nitrogens with zero attached hydrogens (tertiary/aromatic N) is 2. The van der Waals surface area contributed by atoms with Crippen molar-refractivity contribution in [2.24, 2.45) is 5.92 Å². The molecule has 2 heterocycles. The van der Waals surface area contributed by atoms with Crippen molar-refractivity contribution in [2.75, 3.05) is 25.0 Å². The van der Waals surface area contributed by atoms with Gasteiger partial charge in [-0.05, 0) is 45.2 Å². The summed E-state index contributed by atoms with van der Waals surface area (Å²) in [6, 6.07) is 1.60. The van der Waals surface area contributed by atoms with Gasteiger partial charge in [0.15, 0.2) is 5.82 Å². The van der Waals surface area contributed by atoms with Crippen LogP contribution in [0.2, 0.25) is 0 Å². The second kappa shape index (κ2) is 8.29. The third-order valence-electron chi connectivity index (χ3n) is 4.36. The Hall–Kier alpha value is -1.40. The van der Waals surface area contributed by atoms with Crippen LogP contribution in [0.15, 0.2) is 10.6 Å².